The van der Waals surface area contributed by atoms with Gasteiger partial charge in [-0.1, -0.05) is 0 Å². The SMILES string of the molecule is CN[C@@H]1[C@@H](O)[C@@H](O[C@@H]2[C@@H](O)[C@H](O[C@H]3OC(CNC(C)(C)C)=CC[C@H]3N)[C@@H](N)C[C@H]2N)OC[C@]1(C)O. The van der Waals surface area contributed by atoms with Gasteiger partial charge in [0.1, 0.15) is 35.8 Å². The van der Waals surface area contributed by atoms with Gasteiger partial charge in [-0.15, -0.1) is 0 Å². The highest BCUT2D eigenvalue weighted by atomic mass is 16.7. The van der Waals surface area contributed by atoms with Gasteiger partial charge in [0, 0.05) is 17.6 Å². The molecule has 12 heteroatoms. The van der Waals surface area contributed by atoms with E-state index in [0.717, 1.165) is 0 Å². The predicted octanol–water partition coefficient (Wildman–Crippen LogP) is -2.42. The summed E-state index contributed by atoms with van der Waals surface area (Å²) in [6, 6.07) is -2.35. The highest BCUT2D eigenvalue weighted by molar-refractivity contribution is 5.05. The van der Waals surface area contributed by atoms with Crippen molar-refractivity contribution >= 4 is 0 Å². The summed E-state index contributed by atoms with van der Waals surface area (Å²) in [4.78, 5) is 0. The molecule has 0 radical (unpaired) electrons. The molecular formula is C23H45N5O7. The van der Waals surface area contributed by atoms with Gasteiger partial charge >= 0.3 is 0 Å². The zero-order chi connectivity index (χ0) is 26.1. The molecule has 0 spiro atoms. The zero-order valence-electron chi connectivity index (χ0n) is 21.4. The van der Waals surface area contributed by atoms with Crippen LogP contribution in [0.4, 0.5) is 0 Å². The van der Waals surface area contributed by atoms with Crippen molar-refractivity contribution in [1.82, 2.24) is 10.6 Å². The van der Waals surface area contributed by atoms with E-state index >= 15 is 0 Å². The van der Waals surface area contributed by atoms with Crippen molar-refractivity contribution in [2.75, 3.05) is 20.2 Å². The third kappa shape index (κ3) is 6.90. The van der Waals surface area contributed by atoms with Crippen LogP contribution in [0, 0.1) is 0 Å². The number of hydrogen-bond donors (Lipinski definition) is 8. The monoisotopic (exact) mass is 503 g/mol. The second kappa shape index (κ2) is 11.2. The van der Waals surface area contributed by atoms with E-state index < -0.39 is 66.8 Å². The Hall–Kier alpha value is -0.900. The number of aliphatic hydroxyl groups is 3. The van der Waals surface area contributed by atoms with E-state index in [4.69, 9.17) is 36.1 Å². The molecule has 3 aliphatic rings. The van der Waals surface area contributed by atoms with Crippen molar-refractivity contribution in [3.63, 3.8) is 0 Å². The molecule has 35 heavy (non-hydrogen) atoms. The summed E-state index contributed by atoms with van der Waals surface area (Å²) in [6.45, 7) is 8.18. The molecule has 204 valence electrons. The molecule has 11 N–H and O–H groups in total. The Labute approximate surface area is 207 Å². The lowest BCUT2D eigenvalue weighted by Gasteiger charge is -2.48. The zero-order valence-corrected chi connectivity index (χ0v) is 21.4. The van der Waals surface area contributed by atoms with E-state index in [-0.39, 0.29) is 12.1 Å². The number of ether oxygens (including phenoxy) is 4. The molecule has 0 aromatic heterocycles. The van der Waals surface area contributed by atoms with Crippen LogP contribution in [0.5, 0.6) is 0 Å². The fourth-order valence-corrected chi connectivity index (χ4v) is 4.77. The van der Waals surface area contributed by atoms with Gasteiger partial charge in [-0.2, -0.15) is 0 Å². The van der Waals surface area contributed by atoms with Crippen LogP contribution in [-0.4, -0.2) is 108 Å². The molecule has 1 saturated carbocycles. The van der Waals surface area contributed by atoms with Crippen LogP contribution in [0.2, 0.25) is 0 Å². The van der Waals surface area contributed by atoms with Crippen LogP contribution in [0.25, 0.3) is 0 Å². The molecule has 1 saturated heterocycles. The standard InChI is InChI=1S/C23H45N5O7/c1-22(2,3)28-9-11-6-7-12(24)20(33-11)34-17-13(25)8-14(26)18(15(17)29)35-21-16(30)19(27-5)23(4,31)10-32-21/h6,12-21,27-31H,7-10,24-26H2,1-5H3/t12-,13+,14-,15+,16-,17-,18+,19-,20-,21-,23+/m1/s1. The third-order valence-electron chi connectivity index (χ3n) is 6.81. The van der Waals surface area contributed by atoms with Crippen molar-refractivity contribution < 1.29 is 34.3 Å². The minimum absolute atomic E-state index is 0.0692. The Bertz CT molecular complexity index is 734. The summed E-state index contributed by atoms with van der Waals surface area (Å²) in [7, 11) is 1.63. The van der Waals surface area contributed by atoms with E-state index in [2.05, 4.69) is 31.4 Å². The molecule has 0 aromatic carbocycles. The second-order valence-electron chi connectivity index (χ2n) is 11.2. The van der Waals surface area contributed by atoms with Gasteiger partial charge in [0.25, 0.3) is 0 Å². The predicted molar refractivity (Wildman–Crippen MR) is 129 cm³/mol. The largest absolute Gasteiger partial charge is 0.467 e. The maximum absolute atomic E-state index is 11.2. The van der Waals surface area contributed by atoms with Gasteiger partial charge in [-0.25, -0.2) is 0 Å². The van der Waals surface area contributed by atoms with E-state index in [1.807, 2.05) is 6.08 Å². The molecule has 1 aliphatic carbocycles. The van der Waals surface area contributed by atoms with Crippen LogP contribution in [-0.2, 0) is 18.9 Å². The Morgan fingerprint density at radius 1 is 1.06 bits per heavy atom. The summed E-state index contributed by atoms with van der Waals surface area (Å²) < 4.78 is 23.6. The van der Waals surface area contributed by atoms with Gasteiger partial charge in [0.2, 0.25) is 6.29 Å². The molecule has 0 amide bonds. The van der Waals surface area contributed by atoms with Crippen molar-refractivity contribution in [3.05, 3.63) is 11.8 Å². The van der Waals surface area contributed by atoms with Crippen molar-refractivity contribution in [2.24, 2.45) is 17.2 Å². The number of aliphatic hydroxyl groups excluding tert-OH is 2. The van der Waals surface area contributed by atoms with E-state index in [1.54, 1.807) is 14.0 Å². The van der Waals surface area contributed by atoms with Gasteiger partial charge in [0.15, 0.2) is 6.29 Å². The Balaban J connectivity index is 1.66. The van der Waals surface area contributed by atoms with Crippen LogP contribution < -0.4 is 27.8 Å². The van der Waals surface area contributed by atoms with Gasteiger partial charge < -0.3 is 62.1 Å². The smallest absolute Gasteiger partial charge is 0.215 e. The molecule has 0 aromatic rings. The van der Waals surface area contributed by atoms with Crippen molar-refractivity contribution in [3.8, 4) is 0 Å². The average molecular weight is 504 g/mol. The van der Waals surface area contributed by atoms with Crippen molar-refractivity contribution in [1.29, 1.82) is 0 Å². The first kappa shape index (κ1) is 28.7. The van der Waals surface area contributed by atoms with E-state index in [0.29, 0.717) is 25.1 Å². The molecular weight excluding hydrogens is 458 g/mol. The lowest BCUT2D eigenvalue weighted by molar-refractivity contribution is -0.303. The van der Waals surface area contributed by atoms with Gasteiger partial charge in [-0.05, 0) is 53.7 Å². The minimum Gasteiger partial charge on any atom is -0.467 e. The first-order valence-electron chi connectivity index (χ1n) is 12.3. The maximum atomic E-state index is 11.2. The summed E-state index contributed by atoms with van der Waals surface area (Å²) >= 11 is 0. The fourth-order valence-electron chi connectivity index (χ4n) is 4.77. The number of nitrogens with one attached hydrogen (secondary N) is 2. The Kier molecular flexibility index (Phi) is 9.20. The molecule has 11 atom stereocenters. The quantitative estimate of drug-likeness (QED) is 0.183. The van der Waals surface area contributed by atoms with Crippen LogP contribution in [0.1, 0.15) is 40.5 Å². The maximum Gasteiger partial charge on any atom is 0.215 e. The highest BCUT2D eigenvalue weighted by Crippen LogP contribution is 2.31. The first-order valence-corrected chi connectivity index (χ1v) is 12.3. The van der Waals surface area contributed by atoms with Gasteiger partial charge in [0.05, 0.1) is 25.2 Å². The minimum atomic E-state index is -1.29. The summed E-state index contributed by atoms with van der Waals surface area (Å²) in [5.74, 6) is 0.707. The molecule has 2 heterocycles. The molecule has 0 bridgehead atoms. The summed E-state index contributed by atoms with van der Waals surface area (Å²) in [6.07, 6.45) is -3.36. The van der Waals surface area contributed by atoms with Crippen LogP contribution in [0.15, 0.2) is 11.8 Å². The highest BCUT2D eigenvalue weighted by Gasteiger charge is 2.50. The lowest BCUT2D eigenvalue weighted by atomic mass is 9.84. The molecule has 2 fully saturated rings. The number of hydrogen-bond acceptors (Lipinski definition) is 12. The first-order chi connectivity index (χ1) is 16.2. The van der Waals surface area contributed by atoms with Crippen LogP contribution >= 0.6 is 0 Å². The number of nitrogens with two attached hydrogens (primary N) is 3. The Morgan fingerprint density at radius 2 is 1.66 bits per heavy atom. The summed E-state index contributed by atoms with van der Waals surface area (Å²) in [5, 5.41) is 38.6. The second-order valence-corrected chi connectivity index (χ2v) is 11.2. The average Bonchev–Trinajstić information content (AvgIpc) is 2.75. The normalized spacial score (nSPS) is 45.1. The third-order valence-corrected chi connectivity index (χ3v) is 6.81. The molecule has 2 aliphatic heterocycles. The molecule has 0 unspecified atom stereocenters. The van der Waals surface area contributed by atoms with E-state index in [9.17, 15) is 15.3 Å². The topological polar surface area (TPSA) is 200 Å². The van der Waals surface area contributed by atoms with Crippen LogP contribution in [0.3, 0.4) is 0 Å². The lowest BCUT2D eigenvalue weighted by Crippen LogP contribution is -2.68. The number of rotatable bonds is 7. The van der Waals surface area contributed by atoms with Gasteiger partial charge in [-0.3, -0.25) is 0 Å². The number of likely N-dealkylation sites (N-methyl/N-ethyl adjacent to an activating group) is 1. The van der Waals surface area contributed by atoms with E-state index in [1.165, 1.54) is 0 Å². The summed E-state index contributed by atoms with van der Waals surface area (Å²) in [5.41, 5.74) is 17.4. The fraction of sp³-hybridized carbons (Fsp3) is 0.913. The Morgan fingerprint density at radius 3 is 2.23 bits per heavy atom. The van der Waals surface area contributed by atoms with Crippen molar-refractivity contribution in [2.45, 2.75) is 113 Å². The molecule has 12 nitrogen and oxygen atoms in total. The molecule has 3 rings (SSSR count).